The van der Waals surface area contributed by atoms with Crippen molar-refractivity contribution in [1.82, 2.24) is 30.0 Å². The molecule has 388 valence electrons. The van der Waals surface area contributed by atoms with Crippen LogP contribution in [0.25, 0.3) is 11.1 Å². The number of halogens is 3. The molecular weight excluding hydrogens is 960 g/mol. The minimum absolute atomic E-state index is 0.0105. The topological polar surface area (TPSA) is 148 Å². The van der Waals surface area contributed by atoms with Gasteiger partial charge in [-0.3, -0.25) is 14.3 Å². The fourth-order valence-electron chi connectivity index (χ4n) is 14.2. The number of amidine groups is 1. The number of nitrogens with zero attached hydrogens (tertiary/aromatic N) is 10. The van der Waals surface area contributed by atoms with Crippen LogP contribution >= 0.6 is 11.6 Å². The number of ether oxygens (including phenoxy) is 1. The smallest absolute Gasteiger partial charge is 0.264 e. The van der Waals surface area contributed by atoms with Gasteiger partial charge in [0.05, 0.1) is 40.9 Å². The molecule has 7 aliphatic rings. The molecule has 17 heteroatoms. The lowest BCUT2D eigenvalue weighted by molar-refractivity contribution is -0.479. The van der Waals surface area contributed by atoms with Gasteiger partial charge in [-0.2, -0.15) is 10.4 Å². The zero-order valence-corrected chi connectivity index (χ0v) is 44.1. The molecule has 4 aliphatic heterocycles. The van der Waals surface area contributed by atoms with Crippen LogP contribution in [-0.2, 0) is 18.3 Å². The number of alkyl halides is 2. The number of nitrogens with one attached hydrogen (secondary N) is 1. The van der Waals surface area contributed by atoms with E-state index in [1.165, 1.54) is 38.5 Å². The van der Waals surface area contributed by atoms with E-state index in [1.807, 2.05) is 11.0 Å². The van der Waals surface area contributed by atoms with Gasteiger partial charge in [0.2, 0.25) is 23.4 Å². The lowest BCUT2D eigenvalue weighted by atomic mass is 9.49. The van der Waals surface area contributed by atoms with E-state index >= 15 is 0 Å². The minimum Gasteiger partial charge on any atom is -0.489 e. The Hall–Kier alpha value is -6.21. The average Bonchev–Trinajstić information content (AvgIpc) is 3.98. The number of hydrogen-bond acceptors (Lipinski definition) is 10. The summed E-state index contributed by atoms with van der Waals surface area (Å²) in [6, 6.07) is 10.6. The molecule has 1 N–H and O–H groups in total. The Kier molecular flexibility index (Phi) is 12.9. The number of carbonyl (C=O) groups excluding carboxylic acids is 2. The molecular formula is C57H67ClF2N11O3+. The van der Waals surface area contributed by atoms with E-state index in [0.29, 0.717) is 76.9 Å². The summed E-state index contributed by atoms with van der Waals surface area (Å²) in [6.45, 7) is 13.6. The van der Waals surface area contributed by atoms with Crippen molar-refractivity contribution in [2.75, 3.05) is 42.5 Å². The molecule has 0 unspecified atom stereocenters. The third-order valence-corrected chi connectivity index (χ3v) is 18.3. The number of rotatable bonds is 9. The van der Waals surface area contributed by atoms with Crippen LogP contribution in [0.15, 0.2) is 71.5 Å². The zero-order valence-electron chi connectivity index (χ0n) is 43.4. The SMILES string of the molecule is CC(=O)N1CCC2=C(C1)C(N1CCCc3cc(-c4cnn(C)c4)c(C(F)F)cc31)=N/[N+]2=C/C1CCC(C2CCC3(CC2)CN(c2ncc(C(=O)NC4C(C)(C)C(Oc5ccc(C#N)c(Cl)c5)C4(C)C)cn2)C3)CC1. The number of anilines is 2. The van der Waals surface area contributed by atoms with E-state index in [9.17, 15) is 23.6 Å². The first-order valence-corrected chi connectivity index (χ1v) is 27.0. The summed E-state index contributed by atoms with van der Waals surface area (Å²) in [5, 5.41) is 22.4. The summed E-state index contributed by atoms with van der Waals surface area (Å²) in [4.78, 5) is 41.9. The quantitative estimate of drug-likeness (QED) is 0.162. The normalized spacial score (nSPS) is 25.5. The van der Waals surface area contributed by atoms with E-state index in [2.05, 4.69) is 74.8 Å². The van der Waals surface area contributed by atoms with Crippen molar-refractivity contribution >= 4 is 47.1 Å². The summed E-state index contributed by atoms with van der Waals surface area (Å²) in [5.74, 6) is 3.66. The summed E-state index contributed by atoms with van der Waals surface area (Å²) in [5.41, 5.74) is 5.46. The highest BCUT2D eigenvalue weighted by Crippen LogP contribution is 2.56. The molecule has 2 aromatic heterocycles. The van der Waals surface area contributed by atoms with Crippen molar-refractivity contribution in [3.05, 3.63) is 93.7 Å². The summed E-state index contributed by atoms with van der Waals surface area (Å²) >= 11 is 6.28. The van der Waals surface area contributed by atoms with E-state index in [1.54, 1.807) is 67.7 Å². The Morgan fingerprint density at radius 3 is 2.32 bits per heavy atom. The van der Waals surface area contributed by atoms with E-state index < -0.39 is 6.43 Å². The molecule has 3 aliphatic carbocycles. The van der Waals surface area contributed by atoms with Gasteiger partial charge in [-0.15, -0.1) is 0 Å². The van der Waals surface area contributed by atoms with Gasteiger partial charge in [0.15, 0.2) is 6.21 Å². The monoisotopic (exact) mass is 1030 g/mol. The van der Waals surface area contributed by atoms with Gasteiger partial charge in [0.1, 0.15) is 17.9 Å². The highest BCUT2D eigenvalue weighted by Gasteiger charge is 2.64. The highest BCUT2D eigenvalue weighted by atomic mass is 35.5. The number of benzene rings is 2. The third kappa shape index (κ3) is 9.04. The molecule has 3 saturated carbocycles. The fourth-order valence-corrected chi connectivity index (χ4v) is 14.4. The number of hydrogen-bond donors (Lipinski definition) is 1. The minimum atomic E-state index is -2.66. The van der Waals surface area contributed by atoms with Crippen molar-refractivity contribution in [2.45, 2.75) is 124 Å². The van der Waals surface area contributed by atoms with Crippen LogP contribution in [0.2, 0.25) is 5.02 Å². The van der Waals surface area contributed by atoms with Crippen molar-refractivity contribution < 1.29 is 27.8 Å². The van der Waals surface area contributed by atoms with Crippen LogP contribution in [0.4, 0.5) is 20.4 Å². The van der Waals surface area contributed by atoms with Crippen LogP contribution in [-0.4, -0.2) is 98.1 Å². The highest BCUT2D eigenvalue weighted by molar-refractivity contribution is 6.31. The maximum Gasteiger partial charge on any atom is 0.264 e. The third-order valence-electron chi connectivity index (χ3n) is 18.0. The lowest BCUT2D eigenvalue weighted by Crippen LogP contribution is -2.74. The molecule has 6 heterocycles. The molecule has 11 rings (SSSR count). The Balaban J connectivity index is 0.686. The van der Waals surface area contributed by atoms with Gasteiger partial charge in [-0.1, -0.05) is 44.0 Å². The van der Waals surface area contributed by atoms with Gasteiger partial charge in [0.25, 0.3) is 12.3 Å². The van der Waals surface area contributed by atoms with Crippen molar-refractivity contribution in [2.24, 2.45) is 46.1 Å². The molecule has 4 aromatic rings. The maximum atomic E-state index is 14.8. The number of amides is 2. The maximum absolute atomic E-state index is 14.8. The molecule has 74 heavy (non-hydrogen) atoms. The van der Waals surface area contributed by atoms with Gasteiger partial charge >= 0.3 is 0 Å². The number of hydrazone groups is 1. The standard InChI is InChI=1S/C57H66ClF2N11O3/c1-34(72)68-21-17-47-45(31-68)50(70-20-7-8-38-22-43(41-28-64-67(6)30-41)44(49(59)60)24-48(38)70)66-71(47)29-35-9-11-36(12-10-35)37-15-18-57(19-16-37)32-69(33-57)54-62-26-40(27-63-54)51(73)65-52-55(2,3)53(56(52,4)5)74-42-14-13-39(25-61)46(58)23-42/h13-14,22-24,26-30,35-37,49,52-53H,7-12,15-21,31-33H2,1-6H3/p+1/b71-29+. The molecule has 4 fully saturated rings. The summed E-state index contributed by atoms with van der Waals surface area (Å²) < 4.78 is 39.7. The van der Waals surface area contributed by atoms with Gasteiger partial charge < -0.3 is 24.8 Å². The first kappa shape index (κ1) is 50.0. The van der Waals surface area contributed by atoms with Gasteiger partial charge in [0, 0.05) is 115 Å². The molecule has 2 aromatic carbocycles. The van der Waals surface area contributed by atoms with Crippen molar-refractivity contribution in [3.8, 4) is 22.9 Å². The number of fused-ring (bicyclic) bond motifs is 1. The Morgan fingerprint density at radius 1 is 0.959 bits per heavy atom. The second-order valence-electron chi connectivity index (χ2n) is 23.5. The lowest BCUT2D eigenvalue weighted by Gasteiger charge is -2.63. The first-order chi connectivity index (χ1) is 35.4. The van der Waals surface area contributed by atoms with Crippen LogP contribution in [0, 0.1) is 45.3 Å². The predicted octanol–water partition coefficient (Wildman–Crippen LogP) is 10.1. The second kappa shape index (κ2) is 19.2. The van der Waals surface area contributed by atoms with E-state index in [0.717, 1.165) is 73.0 Å². The molecule has 14 nitrogen and oxygen atoms in total. The molecule has 0 bridgehead atoms. The van der Waals surface area contributed by atoms with Crippen LogP contribution in [0.3, 0.4) is 0 Å². The molecule has 1 saturated heterocycles. The predicted molar refractivity (Wildman–Crippen MR) is 280 cm³/mol. The largest absolute Gasteiger partial charge is 0.489 e. The van der Waals surface area contributed by atoms with Crippen molar-refractivity contribution in [1.29, 1.82) is 5.26 Å². The number of aryl methyl sites for hydroxylation is 2. The van der Waals surface area contributed by atoms with Crippen molar-refractivity contribution in [3.63, 3.8) is 0 Å². The molecule has 0 radical (unpaired) electrons. The number of nitriles is 1. The summed E-state index contributed by atoms with van der Waals surface area (Å²) in [6.07, 6.45) is 18.0. The zero-order chi connectivity index (χ0) is 51.8. The van der Waals surface area contributed by atoms with Crippen LogP contribution < -0.4 is 19.9 Å². The second-order valence-corrected chi connectivity index (χ2v) is 23.9. The number of aromatic nitrogens is 4. The van der Waals surface area contributed by atoms with Gasteiger partial charge in [-0.25, -0.2) is 18.7 Å². The Bertz CT molecular complexity index is 2990. The summed E-state index contributed by atoms with van der Waals surface area (Å²) in [7, 11) is 1.79. The molecule has 0 atom stereocenters. The van der Waals surface area contributed by atoms with E-state index in [-0.39, 0.29) is 45.8 Å². The van der Waals surface area contributed by atoms with Crippen LogP contribution in [0.5, 0.6) is 5.75 Å². The Morgan fingerprint density at radius 2 is 1.68 bits per heavy atom. The average molecular weight is 1030 g/mol. The molecule has 1 spiro atoms. The molecule has 2 amide bonds. The Labute approximate surface area is 437 Å². The fraction of sp³-hybridized carbons (Fsp3) is 0.544. The first-order valence-electron chi connectivity index (χ1n) is 26.6. The van der Waals surface area contributed by atoms with E-state index in [4.69, 9.17) is 21.4 Å². The number of carbonyl (C=O) groups is 2. The van der Waals surface area contributed by atoms with Crippen LogP contribution in [0.1, 0.15) is 132 Å². The van der Waals surface area contributed by atoms with Gasteiger partial charge in [-0.05, 0) is 111 Å².